The van der Waals surface area contributed by atoms with E-state index < -0.39 is 5.97 Å². The van der Waals surface area contributed by atoms with Gasteiger partial charge in [0.1, 0.15) is 0 Å². The normalized spacial score (nSPS) is 10.9. The van der Waals surface area contributed by atoms with Crippen molar-refractivity contribution in [3.63, 3.8) is 0 Å². The van der Waals surface area contributed by atoms with E-state index in [9.17, 15) is 9.59 Å². The number of para-hydroxylation sites is 1. The Morgan fingerprint density at radius 3 is 2.38 bits per heavy atom. The van der Waals surface area contributed by atoms with Gasteiger partial charge in [0.25, 0.3) is 5.91 Å². The number of rotatable bonds is 7. The van der Waals surface area contributed by atoms with Crippen molar-refractivity contribution < 1.29 is 19.1 Å². The van der Waals surface area contributed by atoms with E-state index in [1.807, 2.05) is 77.6 Å². The van der Waals surface area contributed by atoms with Gasteiger partial charge in [-0.25, -0.2) is 10.2 Å². The molecule has 0 saturated heterocycles. The number of ether oxygens (including phenoxy) is 2. The van der Waals surface area contributed by atoms with E-state index in [0.29, 0.717) is 22.4 Å². The molecule has 0 fully saturated rings. The summed E-state index contributed by atoms with van der Waals surface area (Å²) in [5.41, 5.74) is 4.85. The van der Waals surface area contributed by atoms with Gasteiger partial charge in [0.15, 0.2) is 11.5 Å². The number of carbonyl (C=O) groups is 2. The maximum absolute atomic E-state index is 13.0. The van der Waals surface area contributed by atoms with Crippen LogP contribution in [0.15, 0.2) is 115 Å². The number of benzene rings is 4. The van der Waals surface area contributed by atoms with E-state index in [2.05, 4.69) is 10.5 Å². The minimum absolute atomic E-state index is 0.244. The summed E-state index contributed by atoms with van der Waals surface area (Å²) in [4.78, 5) is 25.8. The first-order chi connectivity index (χ1) is 18.1. The van der Waals surface area contributed by atoms with Crippen molar-refractivity contribution in [2.24, 2.45) is 5.10 Å². The number of hydrogen-bond acceptors (Lipinski definition) is 5. The zero-order valence-corrected chi connectivity index (χ0v) is 20.0. The summed E-state index contributed by atoms with van der Waals surface area (Å²) in [5, 5.41) is 5.84. The number of amides is 1. The Labute approximate surface area is 213 Å². The molecule has 0 aliphatic rings. The molecule has 0 unspecified atom stereocenters. The van der Waals surface area contributed by atoms with Crippen LogP contribution in [0.5, 0.6) is 11.5 Å². The monoisotopic (exact) mass is 489 g/mol. The highest BCUT2D eigenvalue weighted by Crippen LogP contribution is 2.29. The number of carbonyl (C=O) groups excluding carboxylic acids is 2. The molecule has 0 saturated carbocycles. The Morgan fingerprint density at radius 2 is 1.54 bits per heavy atom. The first kappa shape index (κ1) is 23.6. The standard InChI is InChI=1S/C30H23N3O4/c1-36-27-16-15-21(19-28(27)37-30(35)24-13-8-10-22-9-2-3-11-23(22)24)20-31-32-29(34)25-12-4-5-14-26(25)33-17-6-7-18-33/h2-20H,1H3,(H,32,34)/b31-20-. The molecular formula is C30H23N3O4. The molecule has 37 heavy (non-hydrogen) atoms. The van der Waals surface area contributed by atoms with Crippen LogP contribution in [-0.2, 0) is 0 Å². The highest BCUT2D eigenvalue weighted by atomic mass is 16.6. The molecule has 1 amide bonds. The molecule has 1 heterocycles. The van der Waals surface area contributed by atoms with Crippen LogP contribution in [0.4, 0.5) is 0 Å². The number of aromatic nitrogens is 1. The van der Waals surface area contributed by atoms with E-state index in [-0.39, 0.29) is 11.7 Å². The van der Waals surface area contributed by atoms with Crippen molar-refractivity contribution >= 4 is 28.9 Å². The summed E-state index contributed by atoms with van der Waals surface area (Å²) in [5.74, 6) is -0.208. The highest BCUT2D eigenvalue weighted by molar-refractivity contribution is 6.05. The quantitative estimate of drug-likeness (QED) is 0.139. The van der Waals surface area contributed by atoms with Gasteiger partial charge < -0.3 is 14.0 Å². The lowest BCUT2D eigenvalue weighted by Gasteiger charge is -2.11. The molecule has 7 heteroatoms. The number of hydrazone groups is 1. The van der Waals surface area contributed by atoms with Crippen molar-refractivity contribution in [2.75, 3.05) is 7.11 Å². The maximum atomic E-state index is 13.0. The predicted molar refractivity (Wildman–Crippen MR) is 143 cm³/mol. The van der Waals surface area contributed by atoms with Crippen LogP contribution in [0.3, 0.4) is 0 Å². The first-order valence-electron chi connectivity index (χ1n) is 11.6. The van der Waals surface area contributed by atoms with Crippen molar-refractivity contribution in [1.29, 1.82) is 0 Å². The van der Waals surface area contributed by atoms with E-state index in [4.69, 9.17) is 9.47 Å². The predicted octanol–water partition coefficient (Wildman–Crippen LogP) is 5.62. The zero-order valence-electron chi connectivity index (χ0n) is 20.0. The van der Waals surface area contributed by atoms with Crippen molar-refractivity contribution in [1.82, 2.24) is 9.99 Å². The van der Waals surface area contributed by atoms with E-state index in [1.54, 1.807) is 36.4 Å². The second-order valence-corrected chi connectivity index (χ2v) is 8.13. The molecule has 5 rings (SSSR count). The minimum Gasteiger partial charge on any atom is -0.493 e. The van der Waals surface area contributed by atoms with Gasteiger partial charge in [-0.15, -0.1) is 0 Å². The van der Waals surface area contributed by atoms with E-state index >= 15 is 0 Å². The molecule has 0 atom stereocenters. The summed E-state index contributed by atoms with van der Waals surface area (Å²) in [6, 6.07) is 29.2. The Kier molecular flexibility index (Phi) is 6.76. The van der Waals surface area contributed by atoms with Gasteiger partial charge in [0.2, 0.25) is 0 Å². The molecule has 1 N–H and O–H groups in total. The number of esters is 1. The Hall–Kier alpha value is -5.17. The lowest BCUT2D eigenvalue weighted by molar-refractivity contribution is 0.0731. The largest absolute Gasteiger partial charge is 0.493 e. The molecule has 5 aromatic rings. The summed E-state index contributed by atoms with van der Waals surface area (Å²) >= 11 is 0. The second-order valence-electron chi connectivity index (χ2n) is 8.13. The average Bonchev–Trinajstić information content (AvgIpc) is 3.48. The maximum Gasteiger partial charge on any atom is 0.344 e. The smallest absolute Gasteiger partial charge is 0.344 e. The van der Waals surface area contributed by atoms with Crippen LogP contribution in [-0.4, -0.2) is 29.8 Å². The van der Waals surface area contributed by atoms with Gasteiger partial charge in [0, 0.05) is 12.4 Å². The van der Waals surface area contributed by atoms with Gasteiger partial charge in [-0.3, -0.25) is 4.79 Å². The Balaban J connectivity index is 1.34. The molecule has 0 aliphatic heterocycles. The van der Waals surface area contributed by atoms with Crippen molar-refractivity contribution in [2.45, 2.75) is 0 Å². The lowest BCUT2D eigenvalue weighted by Crippen LogP contribution is -2.19. The first-order valence-corrected chi connectivity index (χ1v) is 11.6. The summed E-state index contributed by atoms with van der Waals surface area (Å²) < 4.78 is 12.9. The van der Waals surface area contributed by atoms with E-state index in [0.717, 1.165) is 16.5 Å². The number of methoxy groups -OCH3 is 1. The fourth-order valence-corrected chi connectivity index (χ4v) is 4.02. The third-order valence-corrected chi connectivity index (χ3v) is 5.81. The minimum atomic E-state index is -0.501. The van der Waals surface area contributed by atoms with Gasteiger partial charge in [-0.1, -0.05) is 48.5 Å². The third kappa shape index (κ3) is 5.11. The van der Waals surface area contributed by atoms with Crippen LogP contribution < -0.4 is 14.9 Å². The average molecular weight is 490 g/mol. The number of fused-ring (bicyclic) bond motifs is 1. The van der Waals surface area contributed by atoms with Gasteiger partial charge in [0.05, 0.1) is 30.1 Å². The van der Waals surface area contributed by atoms with Gasteiger partial charge >= 0.3 is 5.97 Å². The topological polar surface area (TPSA) is 81.9 Å². The molecule has 1 aromatic heterocycles. The second kappa shape index (κ2) is 10.6. The molecule has 0 radical (unpaired) electrons. The van der Waals surface area contributed by atoms with Gasteiger partial charge in [-0.05, 0) is 64.9 Å². The molecule has 0 aliphatic carbocycles. The molecule has 0 spiro atoms. The molecule has 0 bridgehead atoms. The number of nitrogens with one attached hydrogen (secondary N) is 1. The Morgan fingerprint density at radius 1 is 0.811 bits per heavy atom. The zero-order chi connectivity index (χ0) is 25.6. The molecule has 4 aromatic carbocycles. The van der Waals surface area contributed by atoms with Crippen LogP contribution in [0, 0.1) is 0 Å². The van der Waals surface area contributed by atoms with E-state index in [1.165, 1.54) is 13.3 Å². The molecule has 182 valence electrons. The summed E-state index contributed by atoms with van der Waals surface area (Å²) in [7, 11) is 1.50. The fraction of sp³-hybridized carbons (Fsp3) is 0.0333. The fourth-order valence-electron chi connectivity index (χ4n) is 4.02. The SMILES string of the molecule is COc1ccc(/C=N\NC(=O)c2ccccc2-n2cccc2)cc1OC(=O)c1cccc2ccccc12. The van der Waals surface area contributed by atoms with Crippen LogP contribution in [0.25, 0.3) is 16.5 Å². The number of hydrogen-bond donors (Lipinski definition) is 1. The summed E-state index contributed by atoms with van der Waals surface area (Å²) in [6.07, 6.45) is 5.21. The highest BCUT2D eigenvalue weighted by Gasteiger charge is 2.16. The molecular weight excluding hydrogens is 466 g/mol. The summed E-state index contributed by atoms with van der Waals surface area (Å²) in [6.45, 7) is 0. The third-order valence-electron chi connectivity index (χ3n) is 5.81. The van der Waals surface area contributed by atoms with Crippen molar-refractivity contribution in [3.8, 4) is 17.2 Å². The van der Waals surface area contributed by atoms with Crippen LogP contribution >= 0.6 is 0 Å². The van der Waals surface area contributed by atoms with Crippen LogP contribution in [0.2, 0.25) is 0 Å². The lowest BCUT2D eigenvalue weighted by atomic mass is 10.0. The Bertz CT molecular complexity index is 1600. The molecule has 7 nitrogen and oxygen atoms in total. The number of nitrogens with zero attached hydrogens (tertiary/aromatic N) is 2. The van der Waals surface area contributed by atoms with Crippen molar-refractivity contribution in [3.05, 3.63) is 126 Å². The van der Waals surface area contributed by atoms with Crippen LogP contribution in [0.1, 0.15) is 26.3 Å². The van der Waals surface area contributed by atoms with Gasteiger partial charge in [-0.2, -0.15) is 5.10 Å².